The topological polar surface area (TPSA) is 49.9 Å². The Morgan fingerprint density at radius 3 is 3.31 bits per heavy atom. The predicted octanol–water partition coefficient (Wildman–Crippen LogP) is 0.849. The first kappa shape index (κ1) is 8.72. The monoisotopic (exact) mass is 181 g/mol. The lowest BCUT2D eigenvalue weighted by Gasteiger charge is -2.15. The van der Waals surface area contributed by atoms with E-state index in [0.29, 0.717) is 6.04 Å². The summed E-state index contributed by atoms with van der Waals surface area (Å²) in [6.45, 7) is 3.81. The van der Waals surface area contributed by atoms with Crippen molar-refractivity contribution in [3.05, 3.63) is 18.2 Å². The van der Waals surface area contributed by atoms with Crippen molar-refractivity contribution < 1.29 is 4.74 Å². The molecule has 0 bridgehead atoms. The van der Waals surface area contributed by atoms with Crippen LogP contribution in [0.5, 0.6) is 0 Å². The maximum absolute atomic E-state index is 5.28. The zero-order valence-corrected chi connectivity index (χ0v) is 7.79. The number of aromatic nitrogens is 2. The maximum atomic E-state index is 5.28. The minimum absolute atomic E-state index is 0.279. The predicted molar refractivity (Wildman–Crippen MR) is 49.4 cm³/mol. The Bertz CT molecular complexity index is 241. The largest absolute Gasteiger partial charge is 0.380 e. The average molecular weight is 181 g/mol. The van der Waals surface area contributed by atoms with E-state index < -0.39 is 0 Å². The number of H-pyrrole nitrogens is 1. The summed E-state index contributed by atoms with van der Waals surface area (Å²) in [6, 6.07) is 0.766. The van der Waals surface area contributed by atoms with Gasteiger partial charge in [0.1, 0.15) is 5.82 Å². The van der Waals surface area contributed by atoms with Crippen LogP contribution in [0.4, 0.5) is 0 Å². The van der Waals surface area contributed by atoms with Crippen LogP contribution in [-0.4, -0.2) is 29.2 Å². The first-order valence-electron chi connectivity index (χ1n) is 4.69. The van der Waals surface area contributed by atoms with E-state index in [0.717, 1.165) is 25.5 Å². The Balaban J connectivity index is 1.87. The van der Waals surface area contributed by atoms with E-state index in [2.05, 4.69) is 22.2 Å². The van der Waals surface area contributed by atoms with Gasteiger partial charge in [-0.25, -0.2) is 4.98 Å². The van der Waals surface area contributed by atoms with Crippen molar-refractivity contribution in [3.63, 3.8) is 0 Å². The second-order valence-corrected chi connectivity index (χ2v) is 3.42. The van der Waals surface area contributed by atoms with Crippen molar-refractivity contribution >= 4 is 0 Å². The molecule has 13 heavy (non-hydrogen) atoms. The van der Waals surface area contributed by atoms with Crippen molar-refractivity contribution in [1.29, 1.82) is 0 Å². The molecule has 0 amide bonds. The quantitative estimate of drug-likeness (QED) is 0.726. The number of nitrogens with zero attached hydrogens (tertiary/aromatic N) is 1. The molecule has 2 atom stereocenters. The van der Waals surface area contributed by atoms with Gasteiger partial charge in [0.25, 0.3) is 0 Å². The van der Waals surface area contributed by atoms with Gasteiger partial charge in [-0.3, -0.25) is 0 Å². The third-order valence-electron chi connectivity index (χ3n) is 2.34. The summed E-state index contributed by atoms with van der Waals surface area (Å²) < 4.78 is 5.28. The molecule has 1 aromatic rings. The Morgan fingerprint density at radius 2 is 2.69 bits per heavy atom. The van der Waals surface area contributed by atoms with E-state index in [1.54, 1.807) is 6.20 Å². The lowest BCUT2D eigenvalue weighted by Crippen LogP contribution is -2.32. The van der Waals surface area contributed by atoms with E-state index in [1.165, 1.54) is 0 Å². The molecule has 1 aromatic heterocycles. The number of rotatable bonds is 3. The molecule has 4 nitrogen and oxygen atoms in total. The zero-order valence-electron chi connectivity index (χ0n) is 7.79. The summed E-state index contributed by atoms with van der Waals surface area (Å²) in [5.41, 5.74) is 0. The number of ether oxygens (including phenoxy) is 1. The van der Waals surface area contributed by atoms with Gasteiger partial charge in [0, 0.05) is 25.0 Å². The van der Waals surface area contributed by atoms with Crippen LogP contribution >= 0.6 is 0 Å². The summed E-state index contributed by atoms with van der Waals surface area (Å²) in [4.78, 5) is 7.30. The highest BCUT2D eigenvalue weighted by molar-refractivity contribution is 4.94. The summed E-state index contributed by atoms with van der Waals surface area (Å²) in [7, 11) is 0. The minimum atomic E-state index is 0.279. The van der Waals surface area contributed by atoms with Crippen molar-refractivity contribution in [2.45, 2.75) is 25.4 Å². The highest BCUT2D eigenvalue weighted by Gasteiger charge is 2.18. The molecule has 2 unspecified atom stereocenters. The molecule has 2 rings (SSSR count). The molecule has 1 aliphatic heterocycles. The second-order valence-electron chi connectivity index (χ2n) is 3.42. The Hall–Kier alpha value is -0.870. The molecular formula is C9H15N3O. The van der Waals surface area contributed by atoms with Gasteiger partial charge in [-0.15, -0.1) is 0 Å². The Labute approximate surface area is 77.7 Å². The standard InChI is InChI=1S/C9H15N3O/c1-7(9-10-3-4-11-9)12-8-2-5-13-6-8/h3-4,7-8,12H,2,5-6H2,1H3,(H,10,11). The lowest BCUT2D eigenvalue weighted by molar-refractivity contribution is 0.188. The molecule has 0 aromatic carbocycles. The highest BCUT2D eigenvalue weighted by atomic mass is 16.5. The molecule has 0 aliphatic carbocycles. The van der Waals surface area contributed by atoms with Crippen LogP contribution in [-0.2, 0) is 4.74 Å². The molecule has 4 heteroatoms. The van der Waals surface area contributed by atoms with Gasteiger partial charge < -0.3 is 15.0 Å². The first-order chi connectivity index (χ1) is 6.36. The first-order valence-corrected chi connectivity index (χ1v) is 4.69. The van der Waals surface area contributed by atoms with E-state index in [1.807, 2.05) is 6.20 Å². The van der Waals surface area contributed by atoms with Crippen LogP contribution in [0, 0.1) is 0 Å². The molecule has 1 fully saturated rings. The molecule has 2 N–H and O–H groups in total. The molecule has 1 aliphatic rings. The number of imidazole rings is 1. The van der Waals surface area contributed by atoms with Crippen LogP contribution in [0.25, 0.3) is 0 Å². The van der Waals surface area contributed by atoms with E-state index in [9.17, 15) is 0 Å². The van der Waals surface area contributed by atoms with Crippen molar-refractivity contribution in [1.82, 2.24) is 15.3 Å². The van der Waals surface area contributed by atoms with E-state index in [4.69, 9.17) is 4.74 Å². The number of nitrogens with one attached hydrogen (secondary N) is 2. The van der Waals surface area contributed by atoms with Crippen molar-refractivity contribution in [3.8, 4) is 0 Å². The maximum Gasteiger partial charge on any atom is 0.122 e. The molecule has 0 saturated carbocycles. The average Bonchev–Trinajstić information content (AvgIpc) is 2.74. The third-order valence-corrected chi connectivity index (χ3v) is 2.34. The van der Waals surface area contributed by atoms with E-state index >= 15 is 0 Å². The highest BCUT2D eigenvalue weighted by Crippen LogP contribution is 2.11. The smallest absolute Gasteiger partial charge is 0.122 e. The van der Waals surface area contributed by atoms with Gasteiger partial charge in [0.05, 0.1) is 12.6 Å². The van der Waals surface area contributed by atoms with Gasteiger partial charge >= 0.3 is 0 Å². The van der Waals surface area contributed by atoms with Crippen LogP contribution in [0.3, 0.4) is 0 Å². The van der Waals surface area contributed by atoms with Crippen LogP contribution in [0.15, 0.2) is 12.4 Å². The minimum Gasteiger partial charge on any atom is -0.380 e. The zero-order chi connectivity index (χ0) is 9.10. The summed E-state index contributed by atoms with van der Waals surface area (Å²) >= 11 is 0. The Kier molecular flexibility index (Phi) is 2.61. The fourth-order valence-electron chi connectivity index (χ4n) is 1.61. The Morgan fingerprint density at radius 1 is 1.77 bits per heavy atom. The fourth-order valence-corrected chi connectivity index (χ4v) is 1.61. The summed E-state index contributed by atoms with van der Waals surface area (Å²) in [5, 5.41) is 3.46. The van der Waals surface area contributed by atoms with Gasteiger partial charge in [-0.2, -0.15) is 0 Å². The third kappa shape index (κ3) is 2.08. The normalized spacial score (nSPS) is 24.8. The van der Waals surface area contributed by atoms with Gasteiger partial charge in [0.15, 0.2) is 0 Å². The van der Waals surface area contributed by atoms with Gasteiger partial charge in [-0.05, 0) is 13.3 Å². The molecular weight excluding hydrogens is 166 g/mol. The fraction of sp³-hybridized carbons (Fsp3) is 0.667. The van der Waals surface area contributed by atoms with Crippen LogP contribution in [0.2, 0.25) is 0 Å². The molecule has 1 saturated heterocycles. The molecule has 72 valence electrons. The van der Waals surface area contributed by atoms with Crippen LogP contribution < -0.4 is 5.32 Å². The molecule has 2 heterocycles. The summed E-state index contributed by atoms with van der Waals surface area (Å²) in [5.74, 6) is 0.993. The SMILES string of the molecule is CC(NC1CCOC1)c1ncc[nH]1. The molecule has 0 radical (unpaired) electrons. The molecule has 0 spiro atoms. The van der Waals surface area contributed by atoms with E-state index in [-0.39, 0.29) is 6.04 Å². The lowest BCUT2D eigenvalue weighted by atomic mass is 10.2. The van der Waals surface area contributed by atoms with Gasteiger partial charge in [-0.1, -0.05) is 0 Å². The van der Waals surface area contributed by atoms with Crippen molar-refractivity contribution in [2.75, 3.05) is 13.2 Å². The number of aromatic amines is 1. The van der Waals surface area contributed by atoms with Crippen molar-refractivity contribution in [2.24, 2.45) is 0 Å². The van der Waals surface area contributed by atoms with Crippen LogP contribution in [0.1, 0.15) is 25.2 Å². The van der Waals surface area contributed by atoms with Gasteiger partial charge in [0.2, 0.25) is 0 Å². The second kappa shape index (κ2) is 3.89. The number of hydrogen-bond acceptors (Lipinski definition) is 3. The number of hydrogen-bond donors (Lipinski definition) is 2. The summed E-state index contributed by atoms with van der Waals surface area (Å²) in [6.07, 6.45) is 4.72.